The second-order valence-electron chi connectivity index (χ2n) is 6.30. The van der Waals surface area contributed by atoms with E-state index in [1.165, 1.54) is 23.8 Å². The van der Waals surface area contributed by atoms with Gasteiger partial charge in [-0.25, -0.2) is 13.8 Å². The molecule has 2 fully saturated rings. The fourth-order valence-electron chi connectivity index (χ4n) is 3.19. The number of pyridine rings is 2. The normalized spacial score (nSPS) is 19.4. The zero-order valence-electron chi connectivity index (χ0n) is 12.2. The average Bonchev–Trinajstić information content (AvgIpc) is 2.41. The minimum Gasteiger partial charge on any atom is -0.298 e. The molecule has 7 heteroatoms. The molecule has 0 aliphatic carbocycles. The van der Waals surface area contributed by atoms with E-state index in [4.69, 9.17) is 11.6 Å². The van der Waals surface area contributed by atoms with Gasteiger partial charge >= 0.3 is 0 Å². The number of hydrogen-bond acceptors (Lipinski definition) is 4. The molecule has 0 N–H and O–H groups in total. The molecule has 23 heavy (non-hydrogen) atoms. The Bertz CT molecular complexity index is 759. The van der Waals surface area contributed by atoms with Crippen LogP contribution in [0.25, 0.3) is 11.3 Å². The monoisotopic (exact) mass is 353 g/mol. The molecule has 2 aromatic heterocycles. The van der Waals surface area contributed by atoms with Crippen molar-refractivity contribution in [3.63, 3.8) is 0 Å². The predicted molar refractivity (Wildman–Crippen MR) is 87.4 cm³/mol. The van der Waals surface area contributed by atoms with E-state index >= 15 is 0 Å². The summed E-state index contributed by atoms with van der Waals surface area (Å²) in [5.74, 6) is 1.30. The summed E-state index contributed by atoms with van der Waals surface area (Å²) < 4.78 is 28.2. The van der Waals surface area contributed by atoms with E-state index in [0.717, 1.165) is 24.7 Å². The molecule has 1 spiro atoms. The first-order valence-corrected chi connectivity index (χ1v) is 8.84. The van der Waals surface area contributed by atoms with Crippen molar-refractivity contribution in [3.05, 3.63) is 46.9 Å². The number of thioether (sulfide) groups is 1. The van der Waals surface area contributed by atoms with Crippen molar-refractivity contribution >= 4 is 23.4 Å². The third kappa shape index (κ3) is 2.84. The van der Waals surface area contributed by atoms with Crippen LogP contribution in [0.2, 0.25) is 5.15 Å². The van der Waals surface area contributed by atoms with E-state index < -0.39 is 11.6 Å². The number of likely N-dealkylation sites (tertiary alicyclic amines) is 1. The van der Waals surface area contributed by atoms with Crippen molar-refractivity contribution < 1.29 is 8.78 Å². The number of hydrogen-bond donors (Lipinski definition) is 0. The van der Waals surface area contributed by atoms with Gasteiger partial charge in [0.2, 0.25) is 0 Å². The van der Waals surface area contributed by atoms with E-state index in [-0.39, 0.29) is 16.4 Å². The highest BCUT2D eigenvalue weighted by molar-refractivity contribution is 8.00. The Morgan fingerprint density at radius 3 is 2.52 bits per heavy atom. The van der Waals surface area contributed by atoms with Gasteiger partial charge in [0.1, 0.15) is 22.5 Å². The van der Waals surface area contributed by atoms with Crippen LogP contribution in [0.15, 0.2) is 24.5 Å². The maximum Gasteiger partial charge on any atom is 0.149 e. The number of nitrogens with zero attached hydrogens (tertiary/aromatic N) is 3. The molecule has 0 radical (unpaired) electrons. The largest absolute Gasteiger partial charge is 0.298 e. The highest BCUT2D eigenvalue weighted by Crippen LogP contribution is 2.45. The lowest BCUT2D eigenvalue weighted by atomic mass is 9.82. The molecule has 0 unspecified atom stereocenters. The van der Waals surface area contributed by atoms with Crippen LogP contribution in [0.4, 0.5) is 8.78 Å². The number of halogens is 3. The summed E-state index contributed by atoms with van der Waals surface area (Å²) in [5.41, 5.74) is 1.29. The average molecular weight is 354 g/mol. The van der Waals surface area contributed by atoms with Gasteiger partial charge in [0, 0.05) is 55.0 Å². The zero-order valence-corrected chi connectivity index (χ0v) is 13.8. The van der Waals surface area contributed by atoms with Crippen LogP contribution in [-0.4, -0.2) is 39.5 Å². The second kappa shape index (κ2) is 5.69. The number of rotatable bonds is 3. The van der Waals surface area contributed by atoms with Gasteiger partial charge in [-0.3, -0.25) is 9.88 Å². The highest BCUT2D eigenvalue weighted by atomic mass is 35.5. The maximum atomic E-state index is 14.3. The smallest absolute Gasteiger partial charge is 0.149 e. The van der Waals surface area contributed by atoms with Crippen LogP contribution in [0, 0.1) is 17.0 Å². The standard InChI is InChI=1S/C16H14ClF2N3S/c17-14-2-12(18)11(4-20-14)15-13(19)1-10(3-21-15)5-22-6-16(7-22)8-23-9-16/h1-4H,5-9H2. The minimum atomic E-state index is -0.628. The highest BCUT2D eigenvalue weighted by Gasteiger charge is 2.47. The van der Waals surface area contributed by atoms with Gasteiger partial charge in [-0.15, -0.1) is 0 Å². The lowest BCUT2D eigenvalue weighted by Gasteiger charge is -2.55. The maximum absolute atomic E-state index is 14.3. The molecular weight excluding hydrogens is 340 g/mol. The summed E-state index contributed by atoms with van der Waals surface area (Å²) in [6, 6.07) is 2.49. The molecule has 0 bridgehead atoms. The second-order valence-corrected chi connectivity index (χ2v) is 7.67. The van der Waals surface area contributed by atoms with Crippen molar-refractivity contribution in [1.29, 1.82) is 0 Å². The summed E-state index contributed by atoms with van der Waals surface area (Å²) in [7, 11) is 0. The van der Waals surface area contributed by atoms with E-state index in [0.29, 0.717) is 12.0 Å². The minimum absolute atomic E-state index is 0.0212. The van der Waals surface area contributed by atoms with Gasteiger partial charge in [-0.05, 0) is 11.6 Å². The van der Waals surface area contributed by atoms with Crippen LogP contribution in [0.1, 0.15) is 5.56 Å². The first-order valence-electron chi connectivity index (χ1n) is 7.31. The topological polar surface area (TPSA) is 29.0 Å². The third-order valence-corrected chi connectivity index (χ3v) is 6.15. The van der Waals surface area contributed by atoms with Gasteiger partial charge < -0.3 is 0 Å². The van der Waals surface area contributed by atoms with E-state index in [1.807, 2.05) is 11.8 Å². The summed E-state index contributed by atoms with van der Waals surface area (Å²) in [6.45, 7) is 2.82. The van der Waals surface area contributed by atoms with Crippen molar-refractivity contribution in [2.75, 3.05) is 24.6 Å². The van der Waals surface area contributed by atoms with Gasteiger partial charge in [-0.1, -0.05) is 11.6 Å². The third-order valence-electron chi connectivity index (χ3n) is 4.31. The fraction of sp³-hybridized carbons (Fsp3) is 0.375. The van der Waals surface area contributed by atoms with E-state index in [9.17, 15) is 8.78 Å². The molecule has 0 amide bonds. The van der Waals surface area contributed by atoms with Gasteiger partial charge in [-0.2, -0.15) is 11.8 Å². The number of aromatic nitrogens is 2. The van der Waals surface area contributed by atoms with Gasteiger partial charge in [0.25, 0.3) is 0 Å². The van der Waals surface area contributed by atoms with Crippen LogP contribution >= 0.6 is 23.4 Å². The van der Waals surface area contributed by atoms with Gasteiger partial charge in [0.05, 0.1) is 5.56 Å². The molecule has 4 heterocycles. The van der Waals surface area contributed by atoms with E-state index in [1.54, 1.807) is 6.20 Å². The molecule has 2 aliphatic rings. The Labute approximate surface area is 142 Å². The Morgan fingerprint density at radius 1 is 1.13 bits per heavy atom. The lowest BCUT2D eigenvalue weighted by molar-refractivity contribution is 0.0230. The SMILES string of the molecule is Fc1cc(Cl)ncc1-c1ncc(CN2CC3(CSC3)C2)cc1F. The first kappa shape index (κ1) is 15.3. The fourth-order valence-corrected chi connectivity index (χ4v) is 4.48. The van der Waals surface area contributed by atoms with Crippen LogP contribution in [0.3, 0.4) is 0 Å². The summed E-state index contributed by atoms with van der Waals surface area (Å²) in [5, 5.41) is 0.0316. The summed E-state index contributed by atoms with van der Waals surface area (Å²) in [6.07, 6.45) is 2.81. The molecule has 2 aromatic rings. The van der Waals surface area contributed by atoms with Crippen LogP contribution < -0.4 is 0 Å². The van der Waals surface area contributed by atoms with E-state index in [2.05, 4.69) is 14.9 Å². The van der Waals surface area contributed by atoms with Gasteiger partial charge in [0.15, 0.2) is 0 Å². The van der Waals surface area contributed by atoms with Crippen molar-refractivity contribution in [3.8, 4) is 11.3 Å². The molecule has 0 aromatic carbocycles. The molecule has 4 rings (SSSR count). The zero-order chi connectivity index (χ0) is 16.0. The molecular formula is C16H14ClF2N3S. The predicted octanol–water partition coefficient (Wildman–Crippen LogP) is 3.62. The Morgan fingerprint density at radius 2 is 1.91 bits per heavy atom. The molecule has 0 saturated carbocycles. The van der Waals surface area contributed by atoms with Crippen LogP contribution in [-0.2, 0) is 6.54 Å². The molecule has 2 saturated heterocycles. The van der Waals surface area contributed by atoms with Crippen molar-refractivity contribution in [2.24, 2.45) is 5.41 Å². The Balaban J connectivity index is 1.50. The molecule has 3 nitrogen and oxygen atoms in total. The summed E-state index contributed by atoms with van der Waals surface area (Å²) >= 11 is 7.60. The van der Waals surface area contributed by atoms with Crippen molar-refractivity contribution in [2.45, 2.75) is 6.54 Å². The summed E-state index contributed by atoms with van der Waals surface area (Å²) in [4.78, 5) is 10.2. The molecule has 120 valence electrons. The van der Waals surface area contributed by atoms with Crippen LogP contribution in [0.5, 0.6) is 0 Å². The Kier molecular flexibility index (Phi) is 3.78. The lowest BCUT2D eigenvalue weighted by Crippen LogP contribution is -2.62. The van der Waals surface area contributed by atoms with Crippen molar-refractivity contribution in [1.82, 2.24) is 14.9 Å². The molecule has 0 atom stereocenters. The molecule has 2 aliphatic heterocycles. The quantitative estimate of drug-likeness (QED) is 0.788. The Hall–Kier alpha value is -1.24. The first-order chi connectivity index (χ1) is 11.0.